The molecule has 1 amide bonds. The van der Waals surface area contributed by atoms with Crippen LogP contribution in [-0.2, 0) is 13.1 Å². The first kappa shape index (κ1) is 20.5. The molecule has 3 aromatic rings. The van der Waals surface area contributed by atoms with Gasteiger partial charge in [0.25, 0.3) is 5.91 Å². The van der Waals surface area contributed by atoms with Gasteiger partial charge in [0.2, 0.25) is 0 Å². The van der Waals surface area contributed by atoms with E-state index in [1.54, 1.807) is 33.5 Å². The molecular formula is C22H27N3O4. The second-order valence-electron chi connectivity index (χ2n) is 6.98. The molecule has 0 radical (unpaired) electrons. The van der Waals surface area contributed by atoms with Crippen LogP contribution in [0.3, 0.4) is 0 Å². The third-order valence-corrected chi connectivity index (χ3v) is 4.73. The van der Waals surface area contributed by atoms with Crippen LogP contribution < -0.4 is 19.5 Å². The lowest BCUT2D eigenvalue weighted by Crippen LogP contribution is -2.24. The number of nitrogens with zero attached hydrogens (tertiary/aromatic N) is 1. The topological polar surface area (TPSA) is 75.8 Å². The molecule has 7 nitrogen and oxygen atoms in total. The Morgan fingerprint density at radius 2 is 1.69 bits per heavy atom. The number of hydrogen-bond donors (Lipinski definition) is 2. The van der Waals surface area contributed by atoms with Crippen molar-refractivity contribution in [3.05, 3.63) is 53.2 Å². The van der Waals surface area contributed by atoms with Gasteiger partial charge in [-0.1, -0.05) is 24.3 Å². The van der Waals surface area contributed by atoms with Crippen molar-refractivity contribution in [1.82, 2.24) is 15.2 Å². The summed E-state index contributed by atoms with van der Waals surface area (Å²) in [6, 6.07) is 11.6. The Bertz CT molecular complexity index is 1010. The summed E-state index contributed by atoms with van der Waals surface area (Å²) in [5.41, 5.74) is 3.35. The summed E-state index contributed by atoms with van der Waals surface area (Å²) in [5, 5.41) is 3.74. The van der Waals surface area contributed by atoms with Gasteiger partial charge in [-0.2, -0.15) is 0 Å². The van der Waals surface area contributed by atoms with Crippen LogP contribution in [0.1, 0.15) is 21.6 Å². The molecule has 2 aromatic carbocycles. The second kappa shape index (κ2) is 8.87. The van der Waals surface area contributed by atoms with Gasteiger partial charge in [0.15, 0.2) is 11.5 Å². The normalized spacial score (nSPS) is 11.0. The van der Waals surface area contributed by atoms with E-state index in [0.29, 0.717) is 35.0 Å². The van der Waals surface area contributed by atoms with Crippen LogP contribution in [0.5, 0.6) is 17.2 Å². The third-order valence-electron chi connectivity index (χ3n) is 4.73. The van der Waals surface area contributed by atoms with E-state index in [0.717, 1.165) is 17.5 Å². The van der Waals surface area contributed by atoms with E-state index < -0.39 is 0 Å². The fraction of sp³-hybridized carbons (Fsp3) is 0.318. The Morgan fingerprint density at radius 3 is 2.31 bits per heavy atom. The monoisotopic (exact) mass is 397 g/mol. The number of fused-ring (bicyclic) bond motifs is 1. The smallest absolute Gasteiger partial charge is 0.268 e. The van der Waals surface area contributed by atoms with Gasteiger partial charge in [0, 0.05) is 24.5 Å². The first-order valence-corrected chi connectivity index (χ1v) is 9.29. The number of aromatic amines is 1. The van der Waals surface area contributed by atoms with Gasteiger partial charge < -0.3 is 29.4 Å². The first-order valence-electron chi connectivity index (χ1n) is 9.29. The standard InChI is InChI=1S/C22H27N3O4/c1-25(2)13-15-9-7-6-8-14(15)12-23-22(26)17-10-16-18(27-3)11-19(28-4)21(29-5)20(16)24-17/h6-11,24H,12-13H2,1-5H3,(H,23,26). The number of hydrogen-bond acceptors (Lipinski definition) is 5. The minimum absolute atomic E-state index is 0.205. The SMILES string of the molecule is COc1cc(OC)c2cc(C(=O)NCc3ccccc3CN(C)C)[nH]c2c1OC. The van der Waals surface area contributed by atoms with E-state index in [9.17, 15) is 4.79 Å². The Balaban J connectivity index is 1.87. The van der Waals surface area contributed by atoms with Gasteiger partial charge in [-0.15, -0.1) is 0 Å². The van der Waals surface area contributed by atoms with Gasteiger partial charge in [0.1, 0.15) is 11.4 Å². The molecule has 2 N–H and O–H groups in total. The van der Waals surface area contributed by atoms with Gasteiger partial charge in [-0.05, 0) is 31.3 Å². The molecule has 0 fully saturated rings. The number of carbonyl (C=O) groups is 1. The van der Waals surface area contributed by atoms with Crippen molar-refractivity contribution < 1.29 is 19.0 Å². The van der Waals surface area contributed by atoms with Crippen molar-refractivity contribution in [2.45, 2.75) is 13.1 Å². The molecule has 0 atom stereocenters. The molecule has 0 saturated heterocycles. The summed E-state index contributed by atoms with van der Waals surface area (Å²) in [6.07, 6.45) is 0. The quantitative estimate of drug-likeness (QED) is 0.611. The maximum absolute atomic E-state index is 12.8. The van der Waals surface area contributed by atoms with Gasteiger partial charge in [0.05, 0.1) is 26.8 Å². The van der Waals surface area contributed by atoms with E-state index in [1.807, 2.05) is 32.3 Å². The number of methoxy groups -OCH3 is 3. The molecule has 0 spiro atoms. The number of amides is 1. The summed E-state index contributed by atoms with van der Waals surface area (Å²) in [4.78, 5) is 18.1. The molecule has 0 bridgehead atoms. The minimum atomic E-state index is -0.205. The van der Waals surface area contributed by atoms with E-state index in [4.69, 9.17) is 14.2 Å². The average molecular weight is 397 g/mol. The highest BCUT2D eigenvalue weighted by molar-refractivity contribution is 6.02. The zero-order chi connectivity index (χ0) is 21.0. The van der Waals surface area contributed by atoms with Crippen LogP contribution in [0.15, 0.2) is 36.4 Å². The van der Waals surface area contributed by atoms with Crippen LogP contribution in [0.2, 0.25) is 0 Å². The molecule has 7 heteroatoms. The number of aromatic nitrogens is 1. The van der Waals surface area contributed by atoms with Crippen molar-refractivity contribution >= 4 is 16.8 Å². The zero-order valence-corrected chi connectivity index (χ0v) is 17.5. The summed E-state index contributed by atoms with van der Waals surface area (Å²) in [5.74, 6) is 1.45. The van der Waals surface area contributed by atoms with Crippen LogP contribution in [0.25, 0.3) is 10.9 Å². The summed E-state index contributed by atoms with van der Waals surface area (Å²) in [7, 11) is 8.75. The van der Waals surface area contributed by atoms with Gasteiger partial charge >= 0.3 is 0 Å². The Kier molecular flexibility index (Phi) is 6.29. The van der Waals surface area contributed by atoms with E-state index >= 15 is 0 Å². The first-order chi connectivity index (χ1) is 14.0. The molecule has 29 heavy (non-hydrogen) atoms. The van der Waals surface area contributed by atoms with Crippen molar-refractivity contribution in [1.29, 1.82) is 0 Å². The lowest BCUT2D eigenvalue weighted by Gasteiger charge is -2.14. The third kappa shape index (κ3) is 4.30. The zero-order valence-electron chi connectivity index (χ0n) is 17.5. The second-order valence-corrected chi connectivity index (χ2v) is 6.98. The molecule has 3 rings (SSSR count). The largest absolute Gasteiger partial charge is 0.496 e. The number of rotatable bonds is 8. The van der Waals surface area contributed by atoms with E-state index in [2.05, 4.69) is 21.3 Å². The molecular weight excluding hydrogens is 370 g/mol. The van der Waals surface area contributed by atoms with Crippen LogP contribution in [-0.4, -0.2) is 51.2 Å². The van der Waals surface area contributed by atoms with Crippen LogP contribution >= 0.6 is 0 Å². The predicted molar refractivity (Wildman–Crippen MR) is 113 cm³/mol. The molecule has 0 aliphatic rings. The number of carbonyl (C=O) groups excluding carboxylic acids is 1. The number of H-pyrrole nitrogens is 1. The highest BCUT2D eigenvalue weighted by Gasteiger charge is 2.19. The number of benzene rings is 2. The maximum Gasteiger partial charge on any atom is 0.268 e. The van der Waals surface area contributed by atoms with Crippen molar-refractivity contribution in [2.24, 2.45) is 0 Å². The molecule has 154 valence electrons. The van der Waals surface area contributed by atoms with E-state index in [-0.39, 0.29) is 5.91 Å². The highest BCUT2D eigenvalue weighted by atomic mass is 16.5. The fourth-order valence-electron chi connectivity index (χ4n) is 3.35. The fourth-order valence-corrected chi connectivity index (χ4v) is 3.35. The minimum Gasteiger partial charge on any atom is -0.496 e. The molecule has 0 unspecified atom stereocenters. The summed E-state index contributed by atoms with van der Waals surface area (Å²) < 4.78 is 16.3. The van der Waals surface area contributed by atoms with Crippen molar-refractivity contribution in [3.8, 4) is 17.2 Å². The van der Waals surface area contributed by atoms with Gasteiger partial charge in [-0.25, -0.2) is 0 Å². The van der Waals surface area contributed by atoms with E-state index in [1.165, 1.54) is 5.56 Å². The Hall–Kier alpha value is -3.19. The maximum atomic E-state index is 12.8. The molecule has 1 aromatic heterocycles. The number of nitrogens with one attached hydrogen (secondary N) is 2. The predicted octanol–water partition coefficient (Wildman–Crippen LogP) is 3.19. The molecule has 0 saturated carbocycles. The lowest BCUT2D eigenvalue weighted by molar-refractivity contribution is 0.0946. The van der Waals surface area contributed by atoms with Crippen LogP contribution in [0.4, 0.5) is 0 Å². The number of ether oxygens (including phenoxy) is 3. The van der Waals surface area contributed by atoms with Crippen molar-refractivity contribution in [2.75, 3.05) is 35.4 Å². The van der Waals surface area contributed by atoms with Gasteiger partial charge in [-0.3, -0.25) is 4.79 Å². The lowest BCUT2D eigenvalue weighted by atomic mass is 10.1. The van der Waals surface area contributed by atoms with Crippen molar-refractivity contribution in [3.63, 3.8) is 0 Å². The summed E-state index contributed by atoms with van der Waals surface area (Å²) in [6.45, 7) is 1.25. The summed E-state index contributed by atoms with van der Waals surface area (Å²) >= 11 is 0. The van der Waals surface area contributed by atoms with Crippen LogP contribution in [0, 0.1) is 0 Å². The Labute approximate surface area is 170 Å². The average Bonchev–Trinajstić information content (AvgIpc) is 3.16. The molecule has 1 heterocycles. The molecule has 0 aliphatic carbocycles. The Morgan fingerprint density at radius 1 is 1.00 bits per heavy atom. The molecule has 0 aliphatic heterocycles. The highest BCUT2D eigenvalue weighted by Crippen LogP contribution is 2.41.